The van der Waals surface area contributed by atoms with Crippen molar-refractivity contribution in [3.05, 3.63) is 55.7 Å². The van der Waals surface area contributed by atoms with Crippen LogP contribution in [0.1, 0.15) is 31.2 Å². The van der Waals surface area contributed by atoms with Crippen molar-refractivity contribution in [1.29, 1.82) is 0 Å². The molecule has 0 saturated heterocycles. The zero-order valence-corrected chi connectivity index (χ0v) is 15.2. The number of aliphatic imine (C=N–C) groups is 2. The molecule has 1 aliphatic carbocycles. The molecule has 1 amide bonds. The number of halogens is 1. The molecular weight excluding hydrogens is 372 g/mol. The summed E-state index contributed by atoms with van der Waals surface area (Å²) in [6, 6.07) is 6.64. The zero-order chi connectivity index (χ0) is 17.8. The van der Waals surface area contributed by atoms with Gasteiger partial charge in [-0.15, -0.1) is 0 Å². The number of nitrogens with zero attached hydrogens (tertiary/aromatic N) is 2. The van der Waals surface area contributed by atoms with E-state index in [0.717, 1.165) is 30.7 Å². The Balaban J connectivity index is 1.60. The maximum absolute atomic E-state index is 12.7. The molecule has 2 aliphatic heterocycles. The summed E-state index contributed by atoms with van der Waals surface area (Å²) in [5.41, 5.74) is 1.23. The molecule has 0 fully saturated rings. The van der Waals surface area contributed by atoms with E-state index in [1.54, 1.807) is 36.0 Å². The van der Waals surface area contributed by atoms with Crippen molar-refractivity contribution in [2.75, 3.05) is 0 Å². The van der Waals surface area contributed by atoms with Crippen molar-refractivity contribution in [1.82, 2.24) is 0 Å². The van der Waals surface area contributed by atoms with E-state index >= 15 is 0 Å². The van der Waals surface area contributed by atoms with Crippen LogP contribution in [0.25, 0.3) is 11.0 Å². The van der Waals surface area contributed by atoms with Crippen LogP contribution in [0.15, 0.2) is 53.9 Å². The van der Waals surface area contributed by atoms with Gasteiger partial charge < -0.3 is 4.42 Å². The van der Waals surface area contributed by atoms with E-state index < -0.39 is 5.63 Å². The van der Waals surface area contributed by atoms with Crippen LogP contribution in [0.4, 0.5) is 0 Å². The standard InChI is InChI=1S/C19H13ClN2O3S/c20-10-5-6-13-9(7-10)8-12(19(24)25-13)16-21-17(23)15-11-3-1-2-4-14(11)26-18(15)22-16/h5-8,15H,1-4H2. The van der Waals surface area contributed by atoms with Crippen LogP contribution in [0.3, 0.4) is 0 Å². The van der Waals surface area contributed by atoms with Gasteiger partial charge in [-0.2, -0.15) is 4.99 Å². The third kappa shape index (κ3) is 2.47. The van der Waals surface area contributed by atoms with Crippen molar-refractivity contribution in [3.8, 4) is 0 Å². The summed E-state index contributed by atoms with van der Waals surface area (Å²) < 4.78 is 5.35. The van der Waals surface area contributed by atoms with Crippen molar-refractivity contribution in [2.45, 2.75) is 25.7 Å². The van der Waals surface area contributed by atoms with Gasteiger partial charge in [-0.1, -0.05) is 23.4 Å². The largest absolute Gasteiger partial charge is 0.422 e. The normalized spacial score (nSPS) is 22.2. The molecule has 5 nitrogen and oxygen atoms in total. The minimum atomic E-state index is -0.560. The van der Waals surface area contributed by atoms with E-state index in [0.29, 0.717) is 16.0 Å². The lowest BCUT2D eigenvalue weighted by atomic mass is 9.89. The van der Waals surface area contributed by atoms with E-state index in [9.17, 15) is 9.59 Å². The smallest absolute Gasteiger partial charge is 0.347 e. The average molecular weight is 385 g/mol. The molecule has 3 aliphatic rings. The lowest BCUT2D eigenvalue weighted by molar-refractivity contribution is -0.118. The number of allylic oxidation sites excluding steroid dienone is 1. The number of carbonyl (C=O) groups is 1. The molecule has 1 aromatic carbocycles. The Morgan fingerprint density at radius 1 is 1.12 bits per heavy atom. The Morgan fingerprint density at radius 2 is 1.96 bits per heavy atom. The number of thioether (sulfide) groups is 1. The molecule has 130 valence electrons. The first-order valence-corrected chi connectivity index (χ1v) is 9.64. The van der Waals surface area contributed by atoms with Gasteiger partial charge in [0.05, 0.1) is 5.04 Å². The Bertz CT molecular complexity index is 1130. The van der Waals surface area contributed by atoms with Gasteiger partial charge in [0.25, 0.3) is 5.91 Å². The molecule has 7 heteroatoms. The number of carbonyl (C=O) groups excluding carboxylic acids is 1. The first-order valence-electron chi connectivity index (χ1n) is 8.45. The molecule has 1 atom stereocenters. The summed E-state index contributed by atoms with van der Waals surface area (Å²) in [4.78, 5) is 35.0. The van der Waals surface area contributed by atoms with Gasteiger partial charge in [0, 0.05) is 10.4 Å². The van der Waals surface area contributed by atoms with Crippen LogP contribution in [-0.4, -0.2) is 16.8 Å². The van der Waals surface area contributed by atoms with Crippen LogP contribution < -0.4 is 5.63 Å². The predicted octanol–water partition coefficient (Wildman–Crippen LogP) is 4.32. The molecule has 0 N–H and O–H groups in total. The number of benzene rings is 1. The molecule has 26 heavy (non-hydrogen) atoms. The topological polar surface area (TPSA) is 72.0 Å². The second-order valence-electron chi connectivity index (χ2n) is 6.54. The highest BCUT2D eigenvalue weighted by molar-refractivity contribution is 8.17. The Hall–Kier alpha value is -2.18. The molecule has 0 bridgehead atoms. The molecule has 1 aromatic heterocycles. The van der Waals surface area contributed by atoms with Crippen LogP contribution in [0.2, 0.25) is 5.02 Å². The number of fused-ring (bicyclic) bond motifs is 3. The summed E-state index contributed by atoms with van der Waals surface area (Å²) >= 11 is 7.59. The summed E-state index contributed by atoms with van der Waals surface area (Å²) in [5, 5.41) is 1.94. The minimum absolute atomic E-state index is 0.129. The zero-order valence-electron chi connectivity index (χ0n) is 13.6. The Kier molecular flexibility index (Phi) is 3.65. The van der Waals surface area contributed by atoms with Gasteiger partial charge in [0.2, 0.25) is 0 Å². The summed E-state index contributed by atoms with van der Waals surface area (Å²) in [5.74, 6) is -0.458. The fraction of sp³-hybridized carbons (Fsp3) is 0.263. The minimum Gasteiger partial charge on any atom is -0.422 e. The molecule has 2 aromatic rings. The van der Waals surface area contributed by atoms with E-state index in [-0.39, 0.29) is 23.2 Å². The number of hydrogen-bond acceptors (Lipinski definition) is 5. The highest BCUT2D eigenvalue weighted by Crippen LogP contribution is 2.47. The number of hydrogen-bond donors (Lipinski definition) is 0. The summed E-state index contributed by atoms with van der Waals surface area (Å²) in [6.07, 6.45) is 4.17. The second-order valence-corrected chi connectivity index (χ2v) is 8.10. The number of amides is 1. The number of amidine groups is 1. The van der Waals surface area contributed by atoms with Crippen molar-refractivity contribution in [2.24, 2.45) is 15.9 Å². The van der Waals surface area contributed by atoms with Crippen LogP contribution in [0, 0.1) is 5.92 Å². The molecule has 0 saturated carbocycles. The van der Waals surface area contributed by atoms with Crippen molar-refractivity contribution >= 4 is 51.1 Å². The van der Waals surface area contributed by atoms with Gasteiger partial charge in [0.15, 0.2) is 5.84 Å². The first kappa shape index (κ1) is 16.0. The van der Waals surface area contributed by atoms with Gasteiger partial charge in [-0.3, -0.25) is 4.79 Å². The number of rotatable bonds is 1. The van der Waals surface area contributed by atoms with Gasteiger partial charge in [-0.05, 0) is 60.4 Å². The predicted molar refractivity (Wildman–Crippen MR) is 103 cm³/mol. The average Bonchev–Trinajstić information content (AvgIpc) is 3.00. The molecule has 0 spiro atoms. The van der Waals surface area contributed by atoms with Crippen LogP contribution >= 0.6 is 23.4 Å². The van der Waals surface area contributed by atoms with Crippen molar-refractivity contribution in [3.63, 3.8) is 0 Å². The lowest BCUT2D eigenvalue weighted by Gasteiger charge is -2.18. The van der Waals surface area contributed by atoms with Gasteiger partial charge in [0.1, 0.15) is 17.1 Å². The SMILES string of the molecule is O=C1N=C(c2cc3cc(Cl)ccc3oc2=O)N=C2SC3=C(CCCC3)C12. The van der Waals surface area contributed by atoms with Gasteiger partial charge in [-0.25, -0.2) is 9.79 Å². The molecule has 0 radical (unpaired) electrons. The van der Waals surface area contributed by atoms with Crippen LogP contribution in [0.5, 0.6) is 0 Å². The third-order valence-electron chi connectivity index (χ3n) is 4.90. The summed E-state index contributed by atoms with van der Waals surface area (Å²) in [7, 11) is 0. The molecule has 5 rings (SSSR count). The Labute approximate surface area is 157 Å². The monoisotopic (exact) mass is 384 g/mol. The molecular formula is C19H13ClN2O3S. The summed E-state index contributed by atoms with van der Waals surface area (Å²) in [6.45, 7) is 0. The van der Waals surface area contributed by atoms with Crippen LogP contribution in [-0.2, 0) is 4.79 Å². The quantitative estimate of drug-likeness (QED) is 0.686. The van der Waals surface area contributed by atoms with E-state index in [1.165, 1.54) is 10.5 Å². The highest BCUT2D eigenvalue weighted by atomic mass is 35.5. The second kappa shape index (κ2) is 5.93. The Morgan fingerprint density at radius 3 is 2.85 bits per heavy atom. The highest BCUT2D eigenvalue weighted by Gasteiger charge is 2.41. The maximum atomic E-state index is 12.7. The van der Waals surface area contributed by atoms with E-state index in [2.05, 4.69) is 9.98 Å². The maximum Gasteiger partial charge on any atom is 0.347 e. The fourth-order valence-corrected chi connectivity index (χ4v) is 5.19. The molecule has 3 heterocycles. The third-order valence-corrected chi connectivity index (χ3v) is 6.38. The van der Waals surface area contributed by atoms with Gasteiger partial charge >= 0.3 is 5.63 Å². The van der Waals surface area contributed by atoms with Crippen molar-refractivity contribution < 1.29 is 9.21 Å². The molecule has 1 unspecified atom stereocenters. The van der Waals surface area contributed by atoms with E-state index in [1.807, 2.05) is 0 Å². The van der Waals surface area contributed by atoms with E-state index in [4.69, 9.17) is 16.0 Å². The fourth-order valence-electron chi connectivity index (χ4n) is 3.67. The first-order chi connectivity index (χ1) is 12.6. The lowest BCUT2D eigenvalue weighted by Crippen LogP contribution is -2.28.